The second-order valence-corrected chi connectivity index (χ2v) is 6.11. The van der Waals surface area contributed by atoms with Crippen LogP contribution in [0.2, 0.25) is 0 Å². The number of para-hydroxylation sites is 1. The van der Waals surface area contributed by atoms with Gasteiger partial charge in [0.15, 0.2) is 5.82 Å². The number of Topliss-reactive ketones (excluding diaryl/α,β-unsaturated/α-hetero) is 1. The van der Waals surface area contributed by atoms with Gasteiger partial charge in [-0.15, -0.1) is 0 Å². The fraction of sp³-hybridized carbons (Fsp3) is 0.200. The minimum atomic E-state index is -0.318. The molecule has 1 aliphatic heterocycles. The topological polar surface area (TPSA) is 65.4 Å². The van der Waals surface area contributed by atoms with E-state index in [2.05, 4.69) is 10.3 Å². The molecule has 0 fully saturated rings. The maximum atomic E-state index is 13.1. The molecule has 0 saturated heterocycles. The van der Waals surface area contributed by atoms with Gasteiger partial charge in [0.05, 0.1) is 25.9 Å². The quantitative estimate of drug-likeness (QED) is 0.717. The Balaban J connectivity index is 1.67. The minimum Gasteiger partial charge on any atom is -0.497 e. The monoisotopic (exact) mass is 349 g/mol. The molecule has 6 nitrogen and oxygen atoms in total. The third-order valence-corrected chi connectivity index (χ3v) is 4.56. The van der Waals surface area contributed by atoms with E-state index in [4.69, 9.17) is 9.47 Å². The van der Waals surface area contributed by atoms with Crippen molar-refractivity contribution in [3.8, 4) is 17.2 Å². The Morgan fingerprint density at radius 3 is 2.58 bits per heavy atom. The highest BCUT2D eigenvalue weighted by atomic mass is 16.5. The molecule has 0 amide bonds. The zero-order valence-electron chi connectivity index (χ0n) is 14.6. The fourth-order valence-electron chi connectivity index (χ4n) is 3.24. The maximum Gasteiger partial charge on any atom is 0.221 e. The first kappa shape index (κ1) is 16.2. The average molecular weight is 349 g/mol. The zero-order valence-corrected chi connectivity index (χ0v) is 14.6. The van der Waals surface area contributed by atoms with Gasteiger partial charge in [-0.05, 0) is 11.6 Å². The number of hydrogen-bond acceptors (Lipinski definition) is 5. The van der Waals surface area contributed by atoms with Gasteiger partial charge in [-0.3, -0.25) is 9.36 Å². The molecular weight excluding hydrogens is 330 g/mol. The lowest BCUT2D eigenvalue weighted by atomic mass is 10.1. The Morgan fingerprint density at radius 1 is 1.15 bits per heavy atom. The molecular formula is C20H19N3O3. The molecule has 2 heterocycles. The Labute approximate surface area is 151 Å². The van der Waals surface area contributed by atoms with Crippen LogP contribution in [0.4, 0.5) is 5.69 Å². The van der Waals surface area contributed by atoms with Gasteiger partial charge in [-0.2, -0.15) is 0 Å². The van der Waals surface area contributed by atoms with Crippen molar-refractivity contribution in [2.75, 3.05) is 19.5 Å². The average Bonchev–Trinajstić information content (AvgIpc) is 3.33. The van der Waals surface area contributed by atoms with Gasteiger partial charge in [-0.1, -0.05) is 18.2 Å². The van der Waals surface area contributed by atoms with Gasteiger partial charge in [0, 0.05) is 42.7 Å². The maximum absolute atomic E-state index is 13.1. The van der Waals surface area contributed by atoms with E-state index in [-0.39, 0.29) is 11.8 Å². The lowest BCUT2D eigenvalue weighted by Crippen LogP contribution is -2.29. The molecule has 0 saturated carbocycles. The lowest BCUT2D eigenvalue weighted by Gasteiger charge is -2.14. The predicted octanol–water partition coefficient (Wildman–Crippen LogP) is 3.11. The third-order valence-electron chi connectivity index (χ3n) is 4.56. The van der Waals surface area contributed by atoms with E-state index in [0.717, 1.165) is 16.9 Å². The number of anilines is 1. The molecule has 1 N–H and O–H groups in total. The predicted molar refractivity (Wildman–Crippen MR) is 98.6 cm³/mol. The van der Waals surface area contributed by atoms with Crippen LogP contribution in [-0.2, 0) is 6.42 Å². The van der Waals surface area contributed by atoms with Crippen LogP contribution in [0.15, 0.2) is 54.9 Å². The molecule has 0 radical (unpaired) electrons. The first-order valence-electron chi connectivity index (χ1n) is 8.35. The van der Waals surface area contributed by atoms with Crippen molar-refractivity contribution in [2.24, 2.45) is 0 Å². The summed E-state index contributed by atoms with van der Waals surface area (Å²) < 4.78 is 12.4. The largest absolute Gasteiger partial charge is 0.497 e. The Kier molecular flexibility index (Phi) is 4.08. The number of ketones is 1. The summed E-state index contributed by atoms with van der Waals surface area (Å²) in [5.74, 6) is 1.63. The van der Waals surface area contributed by atoms with Crippen molar-refractivity contribution in [1.29, 1.82) is 0 Å². The van der Waals surface area contributed by atoms with Gasteiger partial charge in [0.2, 0.25) is 5.78 Å². The SMILES string of the molecule is COc1cc(OC)cc(-n2ccnc2C(=O)C2Cc3ccccc3N2)c1. The van der Waals surface area contributed by atoms with E-state index in [1.54, 1.807) is 37.2 Å². The summed E-state index contributed by atoms with van der Waals surface area (Å²) in [5.41, 5.74) is 2.91. The summed E-state index contributed by atoms with van der Waals surface area (Å²) in [6, 6.07) is 13.1. The Bertz CT molecular complexity index is 917. The highest BCUT2D eigenvalue weighted by Gasteiger charge is 2.30. The van der Waals surface area contributed by atoms with Crippen molar-refractivity contribution in [1.82, 2.24) is 9.55 Å². The van der Waals surface area contributed by atoms with Crippen LogP contribution in [0.5, 0.6) is 11.5 Å². The molecule has 1 aliphatic rings. The number of carbonyl (C=O) groups excluding carboxylic acids is 1. The standard InChI is InChI=1S/C20H19N3O3/c1-25-15-10-14(11-16(12-15)26-2)23-8-7-21-20(23)19(24)18-9-13-5-3-4-6-17(13)22-18/h3-8,10-12,18,22H,9H2,1-2H3. The van der Waals surface area contributed by atoms with Crippen molar-refractivity contribution >= 4 is 11.5 Å². The normalized spacial score (nSPS) is 15.2. The van der Waals surface area contributed by atoms with E-state index in [0.29, 0.717) is 23.7 Å². The van der Waals surface area contributed by atoms with E-state index in [1.807, 2.05) is 36.4 Å². The second kappa shape index (κ2) is 6.55. The van der Waals surface area contributed by atoms with Crippen LogP contribution in [0.3, 0.4) is 0 Å². The smallest absolute Gasteiger partial charge is 0.221 e. The first-order chi connectivity index (χ1) is 12.7. The number of fused-ring (bicyclic) bond motifs is 1. The number of rotatable bonds is 5. The van der Waals surface area contributed by atoms with Gasteiger partial charge < -0.3 is 14.8 Å². The van der Waals surface area contributed by atoms with Crippen LogP contribution >= 0.6 is 0 Å². The number of ether oxygens (including phenoxy) is 2. The molecule has 0 bridgehead atoms. The number of aromatic nitrogens is 2. The molecule has 0 aliphatic carbocycles. The summed E-state index contributed by atoms with van der Waals surface area (Å²) in [7, 11) is 3.19. The zero-order chi connectivity index (χ0) is 18.1. The summed E-state index contributed by atoms with van der Waals surface area (Å²) in [5, 5.41) is 3.29. The van der Waals surface area contributed by atoms with Gasteiger partial charge in [0.1, 0.15) is 11.5 Å². The minimum absolute atomic E-state index is 0.0482. The van der Waals surface area contributed by atoms with E-state index in [1.165, 1.54) is 0 Å². The van der Waals surface area contributed by atoms with Crippen LogP contribution in [0, 0.1) is 0 Å². The summed E-state index contributed by atoms with van der Waals surface area (Å²) in [6.07, 6.45) is 4.05. The summed E-state index contributed by atoms with van der Waals surface area (Å²) in [4.78, 5) is 17.4. The number of methoxy groups -OCH3 is 2. The van der Waals surface area contributed by atoms with Gasteiger partial charge in [0.25, 0.3) is 0 Å². The van der Waals surface area contributed by atoms with Crippen molar-refractivity contribution in [2.45, 2.75) is 12.5 Å². The molecule has 3 aromatic rings. The fourth-order valence-corrected chi connectivity index (χ4v) is 3.24. The van der Waals surface area contributed by atoms with Crippen molar-refractivity contribution in [3.05, 3.63) is 66.2 Å². The summed E-state index contributed by atoms with van der Waals surface area (Å²) in [6.45, 7) is 0. The molecule has 1 aromatic heterocycles. The number of benzene rings is 2. The number of carbonyl (C=O) groups is 1. The molecule has 6 heteroatoms. The second-order valence-electron chi connectivity index (χ2n) is 6.11. The molecule has 1 unspecified atom stereocenters. The molecule has 2 aromatic carbocycles. The molecule has 1 atom stereocenters. The highest BCUT2D eigenvalue weighted by Crippen LogP contribution is 2.29. The molecule has 0 spiro atoms. The lowest BCUT2D eigenvalue weighted by molar-refractivity contribution is 0.0960. The van der Waals surface area contributed by atoms with E-state index in [9.17, 15) is 4.79 Å². The van der Waals surface area contributed by atoms with Crippen LogP contribution in [0.1, 0.15) is 16.2 Å². The van der Waals surface area contributed by atoms with E-state index < -0.39 is 0 Å². The Hall–Kier alpha value is -3.28. The van der Waals surface area contributed by atoms with Crippen molar-refractivity contribution < 1.29 is 14.3 Å². The third kappa shape index (κ3) is 2.79. The number of nitrogens with one attached hydrogen (secondary N) is 1. The van der Waals surface area contributed by atoms with Crippen LogP contribution in [0.25, 0.3) is 5.69 Å². The molecule has 4 rings (SSSR count). The van der Waals surface area contributed by atoms with Gasteiger partial charge in [-0.25, -0.2) is 4.98 Å². The highest BCUT2D eigenvalue weighted by molar-refractivity contribution is 6.00. The molecule has 132 valence electrons. The van der Waals surface area contributed by atoms with E-state index >= 15 is 0 Å². The number of hydrogen-bond donors (Lipinski definition) is 1. The molecule has 26 heavy (non-hydrogen) atoms. The first-order valence-corrected chi connectivity index (χ1v) is 8.35. The van der Waals surface area contributed by atoms with Gasteiger partial charge >= 0.3 is 0 Å². The number of imidazole rings is 1. The summed E-state index contributed by atoms with van der Waals surface area (Å²) >= 11 is 0. The van der Waals surface area contributed by atoms with Crippen molar-refractivity contribution in [3.63, 3.8) is 0 Å². The van der Waals surface area contributed by atoms with Crippen LogP contribution in [-0.4, -0.2) is 35.6 Å². The van der Waals surface area contributed by atoms with Crippen LogP contribution < -0.4 is 14.8 Å². The number of nitrogens with zero attached hydrogens (tertiary/aromatic N) is 2. The Morgan fingerprint density at radius 2 is 1.88 bits per heavy atom.